The Hall–Kier alpha value is -3.08. The third-order valence-corrected chi connectivity index (χ3v) is 7.88. The topological polar surface area (TPSA) is 116 Å². The van der Waals surface area contributed by atoms with Crippen molar-refractivity contribution in [2.24, 2.45) is 0 Å². The van der Waals surface area contributed by atoms with E-state index in [9.17, 15) is 13.2 Å². The van der Waals surface area contributed by atoms with E-state index in [0.29, 0.717) is 53.7 Å². The highest BCUT2D eigenvalue weighted by molar-refractivity contribution is 7.91. The number of fused-ring (bicyclic) bond motifs is 3. The van der Waals surface area contributed by atoms with Crippen molar-refractivity contribution < 1.29 is 32.2 Å². The Balaban J connectivity index is 0.000000709. The van der Waals surface area contributed by atoms with Crippen molar-refractivity contribution >= 4 is 20.8 Å². The van der Waals surface area contributed by atoms with Gasteiger partial charge in [-0.25, -0.2) is 13.2 Å². The van der Waals surface area contributed by atoms with Gasteiger partial charge in [0.15, 0.2) is 9.84 Å². The lowest BCUT2D eigenvalue weighted by molar-refractivity contribution is 0.0649. The van der Waals surface area contributed by atoms with Gasteiger partial charge in [-0.2, -0.15) is 0 Å². The SMILES string of the molecule is CC(C)O.COc1ccc(-c2cc3ccc4c(c3oc2=O)CN(C2CCS(=O)(=O)C2)CO4)c(OC)c1. The van der Waals surface area contributed by atoms with E-state index in [1.54, 1.807) is 45.2 Å². The van der Waals surface area contributed by atoms with Crippen LogP contribution in [0.5, 0.6) is 17.2 Å². The van der Waals surface area contributed by atoms with Crippen molar-refractivity contribution in [1.82, 2.24) is 4.90 Å². The van der Waals surface area contributed by atoms with Crippen LogP contribution in [0.1, 0.15) is 25.8 Å². The minimum absolute atomic E-state index is 0.0991. The summed E-state index contributed by atoms with van der Waals surface area (Å²) in [5.74, 6) is 2.09. The Kier molecular flexibility index (Phi) is 7.58. The molecule has 1 N–H and O–H groups in total. The number of methoxy groups -OCH3 is 2. The predicted octanol–water partition coefficient (Wildman–Crippen LogP) is 3.20. The molecule has 3 aromatic rings. The molecule has 5 rings (SSSR count). The summed E-state index contributed by atoms with van der Waals surface area (Å²) in [6.07, 6.45) is 0.414. The zero-order valence-corrected chi connectivity index (χ0v) is 21.6. The molecule has 3 heterocycles. The first kappa shape index (κ1) is 26.0. The van der Waals surface area contributed by atoms with Crippen LogP contribution in [0, 0.1) is 0 Å². The molecule has 2 aliphatic heterocycles. The Morgan fingerprint density at radius 1 is 1.08 bits per heavy atom. The van der Waals surface area contributed by atoms with E-state index in [1.165, 1.54) is 7.11 Å². The monoisotopic (exact) mass is 517 g/mol. The van der Waals surface area contributed by atoms with Crippen molar-refractivity contribution in [1.29, 1.82) is 0 Å². The van der Waals surface area contributed by atoms with Gasteiger partial charge in [-0.1, -0.05) is 0 Å². The van der Waals surface area contributed by atoms with Crippen molar-refractivity contribution in [3.05, 3.63) is 52.4 Å². The molecule has 2 aromatic carbocycles. The fraction of sp³-hybridized carbons (Fsp3) is 0.423. The molecule has 0 aliphatic carbocycles. The summed E-state index contributed by atoms with van der Waals surface area (Å²) in [7, 11) is 0.0872. The molecule has 0 amide bonds. The lowest BCUT2D eigenvalue weighted by Crippen LogP contribution is -2.41. The summed E-state index contributed by atoms with van der Waals surface area (Å²) in [6.45, 7) is 4.21. The quantitative estimate of drug-likeness (QED) is 0.521. The van der Waals surface area contributed by atoms with Crippen molar-refractivity contribution in [2.75, 3.05) is 32.5 Å². The van der Waals surface area contributed by atoms with Crippen LogP contribution in [0.2, 0.25) is 0 Å². The average Bonchev–Trinajstić information content (AvgIpc) is 3.22. The molecule has 2 aliphatic rings. The minimum atomic E-state index is -3.01. The Labute approximate surface area is 210 Å². The van der Waals surface area contributed by atoms with Gasteiger partial charge < -0.3 is 23.7 Å². The zero-order valence-electron chi connectivity index (χ0n) is 20.8. The van der Waals surface area contributed by atoms with Gasteiger partial charge in [-0.05, 0) is 50.6 Å². The van der Waals surface area contributed by atoms with E-state index in [0.717, 1.165) is 10.9 Å². The lowest BCUT2D eigenvalue weighted by atomic mass is 10.0. The molecule has 1 aromatic heterocycles. The number of sulfone groups is 1. The zero-order chi connectivity index (χ0) is 26.0. The van der Waals surface area contributed by atoms with Gasteiger partial charge in [0.2, 0.25) is 0 Å². The number of hydrogen-bond donors (Lipinski definition) is 1. The predicted molar refractivity (Wildman–Crippen MR) is 136 cm³/mol. The molecule has 1 saturated heterocycles. The molecule has 36 heavy (non-hydrogen) atoms. The number of nitrogens with zero attached hydrogens (tertiary/aromatic N) is 1. The van der Waals surface area contributed by atoms with Crippen molar-refractivity contribution in [3.63, 3.8) is 0 Å². The third-order valence-electron chi connectivity index (χ3n) is 6.13. The summed E-state index contributed by atoms with van der Waals surface area (Å²) in [5, 5.41) is 8.81. The molecule has 0 radical (unpaired) electrons. The second-order valence-electron chi connectivity index (χ2n) is 9.15. The largest absolute Gasteiger partial charge is 0.497 e. The first-order valence-electron chi connectivity index (χ1n) is 11.7. The van der Waals surface area contributed by atoms with Gasteiger partial charge >= 0.3 is 5.63 Å². The van der Waals surface area contributed by atoms with Gasteiger partial charge in [-0.3, -0.25) is 4.90 Å². The minimum Gasteiger partial charge on any atom is -0.497 e. The van der Waals surface area contributed by atoms with Crippen LogP contribution in [0.4, 0.5) is 0 Å². The van der Waals surface area contributed by atoms with Crippen molar-refractivity contribution in [3.8, 4) is 28.4 Å². The number of rotatable bonds is 4. The maximum atomic E-state index is 13.0. The highest BCUT2D eigenvalue weighted by Crippen LogP contribution is 2.37. The molecule has 0 spiro atoms. The lowest BCUT2D eigenvalue weighted by Gasteiger charge is -2.33. The smallest absolute Gasteiger partial charge is 0.344 e. The van der Waals surface area contributed by atoms with E-state index < -0.39 is 15.5 Å². The highest BCUT2D eigenvalue weighted by Gasteiger charge is 2.35. The van der Waals surface area contributed by atoms with E-state index in [-0.39, 0.29) is 23.7 Å². The summed E-state index contributed by atoms with van der Waals surface area (Å²) in [5.41, 5.74) is 1.70. The molecule has 194 valence electrons. The first-order chi connectivity index (χ1) is 17.1. The third kappa shape index (κ3) is 5.50. The van der Waals surface area contributed by atoms with E-state index in [4.69, 9.17) is 23.7 Å². The second-order valence-corrected chi connectivity index (χ2v) is 11.4. The van der Waals surface area contributed by atoms with Crippen LogP contribution < -0.4 is 19.8 Å². The van der Waals surface area contributed by atoms with Gasteiger partial charge in [-0.15, -0.1) is 0 Å². The van der Waals surface area contributed by atoms with E-state index >= 15 is 0 Å². The van der Waals surface area contributed by atoms with Gasteiger partial charge in [0.25, 0.3) is 0 Å². The first-order valence-corrected chi connectivity index (χ1v) is 13.5. The number of aliphatic hydroxyl groups is 1. The number of hydrogen-bond acceptors (Lipinski definition) is 9. The van der Waals surface area contributed by atoms with Crippen LogP contribution in [-0.4, -0.2) is 63.0 Å². The molecule has 1 atom stereocenters. The van der Waals surface area contributed by atoms with Gasteiger partial charge in [0, 0.05) is 35.7 Å². The number of ether oxygens (including phenoxy) is 3. The molecule has 1 unspecified atom stereocenters. The standard InChI is InChI=1S/C23H23NO7S.C3H8O/c1-28-16-4-5-17(21(10-16)29-2)18-9-14-3-6-20-19(22(14)31-23(18)25)11-24(13-30-20)15-7-8-32(26,27)12-15;1-3(2)4/h3-6,9-10,15H,7-8,11-13H2,1-2H3;3-4H,1-2H3. The molecule has 10 heteroatoms. The number of benzene rings is 2. The maximum absolute atomic E-state index is 13.0. The maximum Gasteiger partial charge on any atom is 0.344 e. The number of aliphatic hydroxyl groups excluding tert-OH is 1. The summed E-state index contributed by atoms with van der Waals surface area (Å²) >= 11 is 0. The van der Waals surface area contributed by atoms with E-state index in [2.05, 4.69) is 0 Å². The Bertz CT molecular complexity index is 1410. The summed E-state index contributed by atoms with van der Waals surface area (Å²) < 4.78 is 46.2. The molecule has 9 nitrogen and oxygen atoms in total. The van der Waals surface area contributed by atoms with Crippen LogP contribution in [0.15, 0.2) is 45.6 Å². The summed E-state index contributed by atoms with van der Waals surface area (Å²) in [6, 6.07) is 10.6. The van der Waals surface area contributed by atoms with E-state index in [1.807, 2.05) is 17.0 Å². The molecule has 0 saturated carbocycles. The normalized spacial score (nSPS) is 18.8. The summed E-state index contributed by atoms with van der Waals surface area (Å²) in [4.78, 5) is 15.0. The Morgan fingerprint density at radius 3 is 2.47 bits per heavy atom. The molecular weight excluding hydrogens is 486 g/mol. The second kappa shape index (κ2) is 10.5. The van der Waals surface area contributed by atoms with Crippen LogP contribution in [0.25, 0.3) is 22.1 Å². The van der Waals surface area contributed by atoms with Crippen LogP contribution in [0.3, 0.4) is 0 Å². The van der Waals surface area contributed by atoms with Gasteiger partial charge in [0.1, 0.15) is 29.6 Å². The molecular formula is C26H31NO8S. The Morgan fingerprint density at radius 2 is 1.83 bits per heavy atom. The molecule has 1 fully saturated rings. The van der Waals surface area contributed by atoms with Crippen LogP contribution >= 0.6 is 0 Å². The highest BCUT2D eigenvalue weighted by atomic mass is 32.2. The average molecular weight is 518 g/mol. The van der Waals surface area contributed by atoms with Crippen LogP contribution in [-0.2, 0) is 16.4 Å². The van der Waals surface area contributed by atoms with Gasteiger partial charge in [0.05, 0.1) is 36.9 Å². The van der Waals surface area contributed by atoms with Crippen molar-refractivity contribution in [2.45, 2.75) is 39.0 Å². The molecule has 0 bridgehead atoms. The fourth-order valence-electron chi connectivity index (χ4n) is 4.42. The fourth-order valence-corrected chi connectivity index (χ4v) is 6.18.